The van der Waals surface area contributed by atoms with Gasteiger partial charge in [0.25, 0.3) is 0 Å². The van der Waals surface area contributed by atoms with Gasteiger partial charge in [-0.25, -0.2) is 0 Å². The maximum Gasteiger partial charge on any atom is 0.337 e. The molecule has 0 aliphatic heterocycles. The van der Waals surface area contributed by atoms with E-state index in [4.69, 9.17) is 28.0 Å². The Kier molecular flexibility index (Phi) is 16.5. The van der Waals surface area contributed by atoms with Crippen molar-refractivity contribution < 1.29 is 61.3 Å². The number of hydrogen-bond donors (Lipinski definition) is 0. The van der Waals surface area contributed by atoms with Gasteiger partial charge in [0, 0.05) is 6.42 Å². The van der Waals surface area contributed by atoms with Crippen LogP contribution in [0, 0.1) is 22.2 Å². The summed E-state index contributed by atoms with van der Waals surface area (Å²) in [6.45, 7) is 12.1. The van der Waals surface area contributed by atoms with E-state index in [-0.39, 0.29) is 20.3 Å². The number of ether oxygens (including phenoxy) is 5. The van der Waals surface area contributed by atoms with Gasteiger partial charge < -0.3 is 23.7 Å². The van der Waals surface area contributed by atoms with Crippen molar-refractivity contribution in [3.8, 4) is 0 Å². The summed E-state index contributed by atoms with van der Waals surface area (Å²) in [6.07, 6.45) is -1.09. The van der Waals surface area contributed by atoms with Gasteiger partial charge in [-0.05, 0) is 68.7 Å². The van der Waals surface area contributed by atoms with Crippen LogP contribution in [0.1, 0.15) is 82.6 Å². The minimum absolute atomic E-state index is 0. The lowest BCUT2D eigenvalue weighted by molar-refractivity contribution is -0.175. The second kappa shape index (κ2) is 16.7. The summed E-state index contributed by atoms with van der Waals surface area (Å²) in [5, 5.41) is 0. The number of esters is 5. The van der Waals surface area contributed by atoms with Crippen LogP contribution in [0.5, 0.6) is 0 Å². The molecule has 1 atom stereocenters. The van der Waals surface area contributed by atoms with Crippen LogP contribution in [0.3, 0.4) is 0 Å². The molecular weight excluding hydrogens is 551 g/mol. The van der Waals surface area contributed by atoms with Crippen LogP contribution < -0.4 is 0 Å². The van der Waals surface area contributed by atoms with Crippen LogP contribution in [0.2, 0.25) is 0 Å². The highest BCUT2D eigenvalue weighted by Crippen LogP contribution is 2.50. The summed E-state index contributed by atoms with van der Waals surface area (Å²) in [5.74, 6) is -4.82. The van der Waals surface area contributed by atoms with Crippen molar-refractivity contribution in [3.63, 3.8) is 0 Å². The lowest BCUT2D eigenvalue weighted by atomic mass is 9.97. The Labute approximate surface area is 237 Å². The molecule has 0 amide bonds. The van der Waals surface area contributed by atoms with Gasteiger partial charge in [0.05, 0.1) is 35.4 Å². The standard InChI is InChI=1S/C25H43O13P.CH4/c1-23(2,3)20(28)34-14-33-19(27)17(11-12-18(26)32-10)13-39(31,37-15-35-21(29)24(4,5)6)38-16-36-22(30)25(7,8)9;/h17H,11-16H2,1-10H3;1H4. The van der Waals surface area contributed by atoms with Crippen molar-refractivity contribution in [1.82, 2.24) is 0 Å². The Morgan fingerprint density at radius 1 is 0.650 bits per heavy atom. The first-order valence-corrected chi connectivity index (χ1v) is 14.0. The summed E-state index contributed by atoms with van der Waals surface area (Å²) in [5.41, 5.74) is -2.61. The molecule has 13 nitrogen and oxygen atoms in total. The first kappa shape index (κ1) is 39.6. The van der Waals surface area contributed by atoms with Gasteiger partial charge in [0.1, 0.15) is 0 Å². The van der Waals surface area contributed by atoms with E-state index >= 15 is 0 Å². The fraction of sp³-hybridized carbons (Fsp3) is 0.808. The zero-order valence-corrected chi connectivity index (χ0v) is 25.5. The number of methoxy groups -OCH3 is 1. The van der Waals surface area contributed by atoms with Crippen LogP contribution in [0.4, 0.5) is 0 Å². The Bertz CT molecular complexity index is 871. The number of hydrogen-bond acceptors (Lipinski definition) is 13. The highest BCUT2D eigenvalue weighted by atomic mass is 31.2. The van der Waals surface area contributed by atoms with Gasteiger partial charge in [-0.1, -0.05) is 7.43 Å². The normalized spacial score (nSPS) is 12.8. The SMILES string of the molecule is C.COC(=O)CCC(CP(=O)(OCOC(=O)C(C)(C)C)OCOC(=O)C(C)(C)C)C(=O)OCOC(=O)C(C)(C)C. The van der Waals surface area contributed by atoms with Crippen molar-refractivity contribution in [3.05, 3.63) is 0 Å². The van der Waals surface area contributed by atoms with Gasteiger partial charge in [-0.2, -0.15) is 0 Å². The molecule has 0 rings (SSSR count). The molecule has 234 valence electrons. The number of carbonyl (C=O) groups is 5. The maximum absolute atomic E-state index is 13.6. The molecule has 0 heterocycles. The molecule has 0 aromatic heterocycles. The van der Waals surface area contributed by atoms with E-state index in [9.17, 15) is 28.5 Å². The van der Waals surface area contributed by atoms with Gasteiger partial charge in [-0.3, -0.25) is 37.6 Å². The molecule has 0 fully saturated rings. The Hall–Kier alpha value is -2.50. The van der Waals surface area contributed by atoms with E-state index in [0.717, 1.165) is 7.11 Å². The van der Waals surface area contributed by atoms with E-state index < -0.39 is 86.1 Å². The van der Waals surface area contributed by atoms with Crippen LogP contribution in [-0.4, -0.2) is 63.5 Å². The molecule has 1 unspecified atom stereocenters. The molecule has 0 N–H and O–H groups in total. The topological polar surface area (TPSA) is 167 Å². The molecule has 0 spiro atoms. The third-order valence-corrected chi connectivity index (χ3v) is 6.69. The first-order chi connectivity index (χ1) is 17.6. The summed E-state index contributed by atoms with van der Waals surface area (Å²) < 4.78 is 48.6. The Balaban J connectivity index is 0. The molecule has 0 aliphatic rings. The third kappa shape index (κ3) is 15.9. The summed E-state index contributed by atoms with van der Waals surface area (Å²) in [7, 11) is -3.15. The van der Waals surface area contributed by atoms with Crippen molar-refractivity contribution in [2.24, 2.45) is 22.2 Å². The van der Waals surface area contributed by atoms with Crippen molar-refractivity contribution >= 4 is 37.4 Å². The summed E-state index contributed by atoms with van der Waals surface area (Å²) in [4.78, 5) is 60.6. The van der Waals surface area contributed by atoms with E-state index in [1.54, 1.807) is 62.3 Å². The lowest BCUT2D eigenvalue weighted by Crippen LogP contribution is -2.29. The molecule has 40 heavy (non-hydrogen) atoms. The summed E-state index contributed by atoms with van der Waals surface area (Å²) >= 11 is 0. The maximum atomic E-state index is 13.6. The fourth-order valence-corrected chi connectivity index (χ4v) is 3.90. The molecular formula is C26H47O13P. The van der Waals surface area contributed by atoms with Crippen LogP contribution in [0.25, 0.3) is 0 Å². The largest absolute Gasteiger partial charge is 0.469 e. The first-order valence-electron chi connectivity index (χ1n) is 12.3. The molecule has 0 aliphatic carbocycles. The predicted octanol–water partition coefficient (Wildman–Crippen LogP) is 4.60. The van der Waals surface area contributed by atoms with Crippen molar-refractivity contribution in [2.75, 3.05) is 33.7 Å². The smallest absolute Gasteiger partial charge is 0.337 e. The molecule has 0 radical (unpaired) electrons. The minimum Gasteiger partial charge on any atom is -0.469 e. The van der Waals surface area contributed by atoms with E-state index in [0.29, 0.717) is 0 Å². The van der Waals surface area contributed by atoms with Gasteiger partial charge >= 0.3 is 37.4 Å². The van der Waals surface area contributed by atoms with Crippen molar-refractivity contribution in [1.29, 1.82) is 0 Å². The molecule has 0 bridgehead atoms. The van der Waals surface area contributed by atoms with Crippen LogP contribution >= 0.6 is 7.60 Å². The van der Waals surface area contributed by atoms with E-state index in [1.165, 1.54) is 0 Å². The van der Waals surface area contributed by atoms with E-state index in [2.05, 4.69) is 4.74 Å². The molecule has 14 heteroatoms. The third-order valence-electron chi connectivity index (χ3n) is 4.81. The highest BCUT2D eigenvalue weighted by molar-refractivity contribution is 7.53. The minimum atomic E-state index is -4.31. The lowest BCUT2D eigenvalue weighted by Gasteiger charge is -2.24. The van der Waals surface area contributed by atoms with E-state index in [1.807, 2.05) is 0 Å². The van der Waals surface area contributed by atoms with Crippen LogP contribution in [0.15, 0.2) is 0 Å². The highest BCUT2D eigenvalue weighted by Gasteiger charge is 2.36. The molecule has 0 saturated carbocycles. The number of rotatable bonds is 14. The van der Waals surface area contributed by atoms with Gasteiger partial charge in [0.15, 0.2) is 0 Å². The van der Waals surface area contributed by atoms with Crippen LogP contribution in [-0.2, 0) is 61.3 Å². The predicted molar refractivity (Wildman–Crippen MR) is 143 cm³/mol. The van der Waals surface area contributed by atoms with Gasteiger partial charge in [0.2, 0.25) is 20.4 Å². The summed E-state index contributed by atoms with van der Waals surface area (Å²) in [6, 6.07) is 0. The zero-order chi connectivity index (χ0) is 30.7. The molecule has 0 saturated heterocycles. The zero-order valence-electron chi connectivity index (χ0n) is 24.6. The Morgan fingerprint density at radius 2 is 1.02 bits per heavy atom. The second-order valence-corrected chi connectivity index (χ2v) is 13.8. The van der Waals surface area contributed by atoms with Crippen molar-refractivity contribution in [2.45, 2.75) is 82.6 Å². The second-order valence-electron chi connectivity index (χ2n) is 11.7. The molecule has 0 aromatic carbocycles. The quantitative estimate of drug-likeness (QED) is 0.118. The Morgan fingerprint density at radius 3 is 1.38 bits per heavy atom. The monoisotopic (exact) mass is 598 g/mol. The average molecular weight is 599 g/mol. The molecule has 0 aromatic rings. The fourth-order valence-electron chi connectivity index (χ4n) is 2.32. The number of carbonyl (C=O) groups excluding carboxylic acids is 5. The average Bonchev–Trinajstić information content (AvgIpc) is 2.79. The van der Waals surface area contributed by atoms with Gasteiger partial charge in [-0.15, -0.1) is 0 Å².